The van der Waals surface area contributed by atoms with Gasteiger partial charge >= 0.3 is 0 Å². The number of anilines is 1. The Morgan fingerprint density at radius 2 is 2.05 bits per heavy atom. The molecule has 0 bridgehead atoms. The number of nitrogens with one attached hydrogen (secondary N) is 1. The first-order valence-electron chi connectivity index (χ1n) is 6.54. The third-order valence-electron chi connectivity index (χ3n) is 2.62. The van der Waals surface area contributed by atoms with Gasteiger partial charge in [-0.2, -0.15) is 4.98 Å². The Morgan fingerprint density at radius 3 is 2.70 bits per heavy atom. The van der Waals surface area contributed by atoms with Gasteiger partial charge in [0, 0.05) is 18.2 Å². The van der Waals surface area contributed by atoms with Crippen molar-refractivity contribution in [3.63, 3.8) is 0 Å². The van der Waals surface area contributed by atoms with E-state index in [4.69, 9.17) is 11.2 Å². The second-order valence-electron chi connectivity index (χ2n) is 4.24. The van der Waals surface area contributed by atoms with Crippen LogP contribution in [0.15, 0.2) is 36.4 Å². The van der Waals surface area contributed by atoms with Gasteiger partial charge in [0.25, 0.3) is 0 Å². The molecule has 1 heterocycles. The lowest BCUT2D eigenvalue weighted by molar-refractivity contribution is 0.268. The molecule has 0 saturated heterocycles. The monoisotopic (exact) mass is 267 g/mol. The van der Waals surface area contributed by atoms with E-state index < -0.39 is 0 Å². The van der Waals surface area contributed by atoms with E-state index in [2.05, 4.69) is 21.2 Å². The van der Waals surface area contributed by atoms with Crippen LogP contribution in [0.4, 0.5) is 5.82 Å². The summed E-state index contributed by atoms with van der Waals surface area (Å²) in [5.74, 6) is 4.33. The predicted molar refractivity (Wildman–Crippen MR) is 80.6 cm³/mol. The minimum atomic E-state index is -0.331. The molecule has 0 saturated carbocycles. The quantitative estimate of drug-likeness (QED) is 0.846. The van der Waals surface area contributed by atoms with Gasteiger partial charge in [0.2, 0.25) is 5.88 Å². The Labute approximate surface area is 119 Å². The summed E-state index contributed by atoms with van der Waals surface area (Å²) in [6.45, 7) is 4.58. The molecule has 1 unspecified atom stereocenters. The van der Waals surface area contributed by atoms with Crippen LogP contribution >= 0.6 is 0 Å². The van der Waals surface area contributed by atoms with E-state index in [0.717, 1.165) is 17.9 Å². The maximum absolute atomic E-state index is 5.59. The van der Waals surface area contributed by atoms with Crippen LogP contribution in [0.2, 0.25) is 0 Å². The topological polar surface area (TPSA) is 47.0 Å². The average Bonchev–Trinajstić information content (AvgIpc) is 2.48. The van der Waals surface area contributed by atoms with Gasteiger partial charge in [-0.1, -0.05) is 36.3 Å². The van der Waals surface area contributed by atoms with Crippen molar-refractivity contribution in [1.29, 1.82) is 0 Å². The normalized spacial score (nSPS) is 11.4. The first kappa shape index (κ1) is 13.9. The summed E-state index contributed by atoms with van der Waals surface area (Å²) in [5, 5.41) is 3.17. The summed E-state index contributed by atoms with van der Waals surface area (Å²) < 4.78 is 5.59. The fourth-order valence-electron chi connectivity index (χ4n) is 1.69. The lowest BCUT2D eigenvalue weighted by Gasteiger charge is -2.11. The molecule has 1 aromatic heterocycles. The number of ether oxygens (including phenoxy) is 1. The lowest BCUT2D eigenvalue weighted by Crippen LogP contribution is -2.11. The molecule has 4 heteroatoms. The second-order valence-corrected chi connectivity index (χ2v) is 4.24. The molecule has 0 radical (unpaired) electrons. The van der Waals surface area contributed by atoms with Gasteiger partial charge in [-0.3, -0.25) is 0 Å². The molecule has 0 aliphatic heterocycles. The predicted octanol–water partition coefficient (Wildman–Crippen LogP) is 2.98. The van der Waals surface area contributed by atoms with Gasteiger partial charge in [0.05, 0.1) is 0 Å². The maximum Gasteiger partial charge on any atom is 0.220 e. The fourth-order valence-corrected chi connectivity index (χ4v) is 1.69. The number of aromatic nitrogens is 2. The smallest absolute Gasteiger partial charge is 0.220 e. The molecular weight excluding hydrogens is 250 g/mol. The molecule has 1 aromatic carbocycles. The van der Waals surface area contributed by atoms with E-state index in [1.54, 1.807) is 13.0 Å². The molecular formula is C16H17N3O. The molecule has 20 heavy (non-hydrogen) atoms. The minimum Gasteiger partial charge on any atom is -0.461 e. The Bertz CT molecular complexity index is 605. The van der Waals surface area contributed by atoms with Crippen LogP contribution in [-0.2, 0) is 0 Å². The van der Waals surface area contributed by atoms with E-state index in [-0.39, 0.29) is 6.10 Å². The number of nitrogens with zero attached hydrogens (tertiary/aromatic N) is 2. The van der Waals surface area contributed by atoms with Crippen LogP contribution in [-0.4, -0.2) is 22.6 Å². The summed E-state index contributed by atoms with van der Waals surface area (Å²) in [6.07, 6.45) is 5.00. The summed E-state index contributed by atoms with van der Waals surface area (Å²) in [7, 11) is 0. The average molecular weight is 267 g/mol. The van der Waals surface area contributed by atoms with E-state index in [9.17, 15) is 0 Å². The van der Waals surface area contributed by atoms with Crippen LogP contribution in [0, 0.1) is 12.3 Å². The van der Waals surface area contributed by atoms with Gasteiger partial charge < -0.3 is 10.1 Å². The standard InChI is InChI=1S/C16H17N3O/c1-4-12(3)20-15-11-14(17-5-2)18-16(19-15)13-9-7-6-8-10-13/h1,6-12H,5H2,2-3H3,(H,17,18,19). The third-order valence-corrected chi connectivity index (χ3v) is 2.62. The van der Waals surface area contributed by atoms with Gasteiger partial charge in [-0.25, -0.2) is 4.98 Å². The van der Waals surface area contributed by atoms with Crippen molar-refractivity contribution in [2.24, 2.45) is 0 Å². The van der Waals surface area contributed by atoms with Crippen LogP contribution in [0.25, 0.3) is 11.4 Å². The van der Waals surface area contributed by atoms with Gasteiger partial charge in [0.1, 0.15) is 5.82 Å². The zero-order valence-electron chi connectivity index (χ0n) is 11.6. The molecule has 2 rings (SSSR count). The first-order valence-corrected chi connectivity index (χ1v) is 6.54. The third kappa shape index (κ3) is 3.48. The van der Waals surface area contributed by atoms with Crippen LogP contribution < -0.4 is 10.1 Å². The number of benzene rings is 1. The summed E-state index contributed by atoms with van der Waals surface area (Å²) in [5.41, 5.74) is 0.936. The zero-order chi connectivity index (χ0) is 14.4. The largest absolute Gasteiger partial charge is 0.461 e. The van der Waals surface area contributed by atoms with E-state index >= 15 is 0 Å². The number of hydrogen-bond acceptors (Lipinski definition) is 4. The van der Waals surface area contributed by atoms with Gasteiger partial charge in [0.15, 0.2) is 11.9 Å². The molecule has 1 atom stereocenters. The van der Waals surface area contributed by atoms with Crippen molar-refractivity contribution in [2.75, 3.05) is 11.9 Å². The highest BCUT2D eigenvalue weighted by Gasteiger charge is 2.09. The molecule has 0 aliphatic carbocycles. The summed E-state index contributed by atoms with van der Waals surface area (Å²) in [6, 6.07) is 11.5. The zero-order valence-corrected chi connectivity index (χ0v) is 11.6. The Kier molecular flexibility index (Phi) is 4.56. The SMILES string of the molecule is C#CC(C)Oc1cc(NCC)nc(-c2ccccc2)n1. The van der Waals surface area contributed by atoms with Crippen LogP contribution in [0.3, 0.4) is 0 Å². The molecule has 2 aromatic rings. The van der Waals surface area contributed by atoms with Gasteiger partial charge in [-0.05, 0) is 13.8 Å². The molecule has 0 spiro atoms. The number of terminal acetylenes is 1. The van der Waals surface area contributed by atoms with E-state index in [1.807, 2.05) is 37.3 Å². The van der Waals surface area contributed by atoms with Crippen molar-refractivity contribution in [1.82, 2.24) is 9.97 Å². The van der Waals surface area contributed by atoms with Gasteiger partial charge in [-0.15, -0.1) is 6.42 Å². The summed E-state index contributed by atoms with van der Waals surface area (Å²) >= 11 is 0. The Morgan fingerprint density at radius 1 is 1.30 bits per heavy atom. The molecule has 4 nitrogen and oxygen atoms in total. The van der Waals surface area contributed by atoms with E-state index in [0.29, 0.717) is 11.7 Å². The molecule has 102 valence electrons. The molecule has 0 fully saturated rings. The minimum absolute atomic E-state index is 0.331. The number of hydrogen-bond donors (Lipinski definition) is 1. The molecule has 0 amide bonds. The fraction of sp³-hybridized carbons (Fsp3) is 0.250. The van der Waals surface area contributed by atoms with E-state index in [1.165, 1.54) is 0 Å². The van der Waals surface area contributed by atoms with Crippen LogP contribution in [0.1, 0.15) is 13.8 Å². The number of rotatable bonds is 5. The Balaban J connectivity index is 2.39. The molecule has 1 N–H and O–H groups in total. The van der Waals surface area contributed by atoms with Crippen molar-refractivity contribution >= 4 is 5.82 Å². The highest BCUT2D eigenvalue weighted by atomic mass is 16.5. The lowest BCUT2D eigenvalue weighted by atomic mass is 10.2. The first-order chi connectivity index (χ1) is 9.72. The highest BCUT2D eigenvalue weighted by molar-refractivity contribution is 5.58. The second kappa shape index (κ2) is 6.58. The summed E-state index contributed by atoms with van der Waals surface area (Å²) in [4.78, 5) is 8.88. The van der Waals surface area contributed by atoms with Crippen molar-refractivity contribution in [2.45, 2.75) is 20.0 Å². The van der Waals surface area contributed by atoms with Crippen molar-refractivity contribution < 1.29 is 4.74 Å². The molecule has 0 aliphatic rings. The highest BCUT2D eigenvalue weighted by Crippen LogP contribution is 2.21. The van der Waals surface area contributed by atoms with Crippen LogP contribution in [0.5, 0.6) is 5.88 Å². The van der Waals surface area contributed by atoms with Crippen molar-refractivity contribution in [3.8, 4) is 29.6 Å². The Hall–Kier alpha value is -2.54. The van der Waals surface area contributed by atoms with Crippen molar-refractivity contribution in [3.05, 3.63) is 36.4 Å². The maximum atomic E-state index is 5.59.